The van der Waals surface area contributed by atoms with E-state index in [2.05, 4.69) is 0 Å². The Kier molecular flexibility index (Phi) is 7.16. The SMILES string of the molecule is CCCCN(C(=O)c1ccc(F)c(S(=O)(=O)N2CCOCC2)c1)C1CCS(=O)(=O)C1. The van der Waals surface area contributed by atoms with E-state index in [1.165, 1.54) is 11.0 Å². The molecule has 1 aromatic carbocycles. The number of rotatable bonds is 7. The Labute approximate surface area is 177 Å². The monoisotopic (exact) mass is 462 g/mol. The highest BCUT2D eigenvalue weighted by Crippen LogP contribution is 2.25. The van der Waals surface area contributed by atoms with Gasteiger partial charge in [-0.25, -0.2) is 21.2 Å². The van der Waals surface area contributed by atoms with Gasteiger partial charge in [0.2, 0.25) is 10.0 Å². The molecule has 168 valence electrons. The second-order valence-corrected chi connectivity index (χ2v) is 11.7. The quantitative estimate of drug-likeness (QED) is 0.605. The fraction of sp³-hybridized carbons (Fsp3) is 0.632. The fourth-order valence-electron chi connectivity index (χ4n) is 3.73. The smallest absolute Gasteiger partial charge is 0.254 e. The van der Waals surface area contributed by atoms with Crippen LogP contribution in [0.1, 0.15) is 36.5 Å². The van der Waals surface area contributed by atoms with Gasteiger partial charge in [-0.05, 0) is 31.0 Å². The van der Waals surface area contributed by atoms with Crippen molar-refractivity contribution in [1.82, 2.24) is 9.21 Å². The summed E-state index contributed by atoms with van der Waals surface area (Å²) >= 11 is 0. The molecule has 3 rings (SSSR count). The van der Waals surface area contributed by atoms with E-state index in [0.29, 0.717) is 19.4 Å². The molecule has 0 aliphatic carbocycles. The summed E-state index contributed by atoms with van der Waals surface area (Å²) in [7, 11) is -7.32. The highest BCUT2D eigenvalue weighted by atomic mass is 32.2. The first-order chi connectivity index (χ1) is 14.2. The van der Waals surface area contributed by atoms with Crippen LogP contribution < -0.4 is 0 Å². The van der Waals surface area contributed by atoms with Crippen molar-refractivity contribution >= 4 is 25.8 Å². The third-order valence-corrected chi connectivity index (χ3v) is 9.09. The van der Waals surface area contributed by atoms with Gasteiger partial charge in [0.05, 0.1) is 24.7 Å². The number of ether oxygens (including phenoxy) is 1. The Balaban J connectivity index is 1.91. The van der Waals surface area contributed by atoms with Gasteiger partial charge in [0.25, 0.3) is 5.91 Å². The fourth-order valence-corrected chi connectivity index (χ4v) is 6.95. The van der Waals surface area contributed by atoms with Crippen molar-refractivity contribution in [3.8, 4) is 0 Å². The molecule has 0 aromatic heterocycles. The Morgan fingerprint density at radius 1 is 1.30 bits per heavy atom. The highest BCUT2D eigenvalue weighted by molar-refractivity contribution is 7.91. The predicted molar refractivity (Wildman–Crippen MR) is 109 cm³/mol. The number of morpholine rings is 1. The number of benzene rings is 1. The van der Waals surface area contributed by atoms with Crippen molar-refractivity contribution in [2.24, 2.45) is 0 Å². The summed E-state index contributed by atoms with van der Waals surface area (Å²) in [4.78, 5) is 14.1. The number of halogens is 1. The molecule has 0 spiro atoms. The van der Waals surface area contributed by atoms with E-state index >= 15 is 0 Å². The largest absolute Gasteiger partial charge is 0.379 e. The first-order valence-electron chi connectivity index (χ1n) is 10.0. The number of unbranched alkanes of at least 4 members (excludes halogenated alkanes) is 1. The molecule has 2 heterocycles. The summed E-state index contributed by atoms with van der Waals surface area (Å²) < 4.78 is 70.3. The summed E-state index contributed by atoms with van der Waals surface area (Å²) in [5.41, 5.74) is 0.0311. The van der Waals surface area contributed by atoms with Crippen LogP contribution in [0.2, 0.25) is 0 Å². The van der Waals surface area contributed by atoms with Gasteiger partial charge in [-0.2, -0.15) is 4.31 Å². The summed E-state index contributed by atoms with van der Waals surface area (Å²) in [5.74, 6) is -1.50. The number of carbonyl (C=O) groups excluding carboxylic acids is 1. The molecule has 0 N–H and O–H groups in total. The van der Waals surface area contributed by atoms with Crippen LogP contribution >= 0.6 is 0 Å². The number of sulfone groups is 1. The molecule has 0 bridgehead atoms. The van der Waals surface area contributed by atoms with E-state index in [1.54, 1.807) is 0 Å². The van der Waals surface area contributed by atoms with E-state index in [-0.39, 0.29) is 43.4 Å². The standard InChI is InChI=1S/C19H27FN2O6S2/c1-2-3-7-22(16-6-12-29(24,25)14-16)19(23)15-4-5-17(20)18(13-15)30(26,27)21-8-10-28-11-9-21/h4-5,13,16H,2-3,6-12,14H2,1H3. The maximum absolute atomic E-state index is 14.4. The van der Waals surface area contributed by atoms with Crippen LogP contribution in [-0.4, -0.2) is 82.3 Å². The molecule has 11 heteroatoms. The van der Waals surface area contributed by atoms with Crippen LogP contribution in [0.15, 0.2) is 23.1 Å². The molecule has 1 unspecified atom stereocenters. The summed E-state index contributed by atoms with van der Waals surface area (Å²) in [6.07, 6.45) is 1.84. The van der Waals surface area contributed by atoms with Crippen molar-refractivity contribution < 1.29 is 30.8 Å². The minimum absolute atomic E-state index is 0.0215. The van der Waals surface area contributed by atoms with Gasteiger partial charge < -0.3 is 9.64 Å². The molecule has 0 saturated carbocycles. The van der Waals surface area contributed by atoms with Crippen LogP contribution in [0.3, 0.4) is 0 Å². The summed E-state index contributed by atoms with van der Waals surface area (Å²) in [5, 5.41) is 0. The van der Waals surface area contributed by atoms with Gasteiger partial charge in [0, 0.05) is 31.2 Å². The first-order valence-corrected chi connectivity index (χ1v) is 13.3. The van der Waals surface area contributed by atoms with Gasteiger partial charge in [-0.1, -0.05) is 13.3 Å². The van der Waals surface area contributed by atoms with Crippen LogP contribution in [0.4, 0.5) is 4.39 Å². The van der Waals surface area contributed by atoms with Crippen LogP contribution in [0.25, 0.3) is 0 Å². The normalized spacial score (nSPS) is 22.1. The molecule has 8 nitrogen and oxygen atoms in total. The minimum atomic E-state index is -4.12. The second-order valence-electron chi connectivity index (χ2n) is 7.57. The van der Waals surface area contributed by atoms with Crippen molar-refractivity contribution in [3.63, 3.8) is 0 Å². The third kappa shape index (κ3) is 5.01. The Morgan fingerprint density at radius 3 is 2.60 bits per heavy atom. The van der Waals surface area contributed by atoms with E-state index in [4.69, 9.17) is 4.74 Å². The van der Waals surface area contributed by atoms with Crippen molar-refractivity contribution in [1.29, 1.82) is 0 Å². The molecular formula is C19H27FN2O6S2. The van der Waals surface area contributed by atoms with Crippen LogP contribution in [-0.2, 0) is 24.6 Å². The lowest BCUT2D eigenvalue weighted by atomic mass is 10.1. The predicted octanol–water partition coefficient (Wildman–Crippen LogP) is 1.28. The Hall–Kier alpha value is -1.56. The number of hydrogen-bond acceptors (Lipinski definition) is 6. The number of amides is 1. The van der Waals surface area contributed by atoms with Gasteiger partial charge in [0.15, 0.2) is 9.84 Å². The molecule has 1 aromatic rings. The second kappa shape index (κ2) is 9.29. The lowest BCUT2D eigenvalue weighted by molar-refractivity contribution is 0.0693. The maximum atomic E-state index is 14.4. The summed E-state index contributed by atoms with van der Waals surface area (Å²) in [6.45, 7) is 2.99. The molecule has 2 fully saturated rings. The van der Waals surface area contributed by atoms with Crippen molar-refractivity contribution in [3.05, 3.63) is 29.6 Å². The topological polar surface area (TPSA) is 101 Å². The average Bonchev–Trinajstić information content (AvgIpc) is 3.08. The van der Waals surface area contributed by atoms with Crippen LogP contribution in [0, 0.1) is 5.82 Å². The van der Waals surface area contributed by atoms with E-state index in [9.17, 15) is 26.0 Å². The number of nitrogens with zero attached hydrogens (tertiary/aromatic N) is 2. The zero-order valence-electron chi connectivity index (χ0n) is 16.9. The third-order valence-electron chi connectivity index (χ3n) is 5.43. The van der Waals surface area contributed by atoms with E-state index < -0.39 is 42.5 Å². The number of sulfonamides is 1. The molecule has 30 heavy (non-hydrogen) atoms. The molecule has 1 amide bonds. The van der Waals surface area contributed by atoms with Gasteiger partial charge in [-0.3, -0.25) is 4.79 Å². The molecule has 2 aliphatic rings. The number of hydrogen-bond donors (Lipinski definition) is 0. The minimum Gasteiger partial charge on any atom is -0.379 e. The Morgan fingerprint density at radius 2 is 2.00 bits per heavy atom. The maximum Gasteiger partial charge on any atom is 0.254 e. The average molecular weight is 463 g/mol. The molecule has 0 radical (unpaired) electrons. The lowest BCUT2D eigenvalue weighted by Crippen LogP contribution is -2.42. The van der Waals surface area contributed by atoms with Gasteiger partial charge in [-0.15, -0.1) is 0 Å². The van der Waals surface area contributed by atoms with Crippen molar-refractivity contribution in [2.45, 2.75) is 37.1 Å². The van der Waals surface area contributed by atoms with E-state index in [1.807, 2.05) is 6.92 Å². The summed E-state index contributed by atoms with van der Waals surface area (Å²) in [6, 6.07) is 2.83. The zero-order chi connectivity index (χ0) is 21.9. The lowest BCUT2D eigenvalue weighted by Gasteiger charge is -2.29. The Bertz CT molecular complexity index is 990. The highest BCUT2D eigenvalue weighted by Gasteiger charge is 2.36. The number of carbonyl (C=O) groups is 1. The van der Waals surface area contributed by atoms with Crippen molar-refractivity contribution in [2.75, 3.05) is 44.4 Å². The zero-order valence-corrected chi connectivity index (χ0v) is 18.6. The van der Waals surface area contributed by atoms with E-state index in [0.717, 1.165) is 22.9 Å². The first kappa shape index (κ1) is 23.1. The molecule has 2 saturated heterocycles. The molecular weight excluding hydrogens is 435 g/mol. The van der Waals surface area contributed by atoms with Crippen LogP contribution in [0.5, 0.6) is 0 Å². The van der Waals surface area contributed by atoms with Gasteiger partial charge >= 0.3 is 0 Å². The van der Waals surface area contributed by atoms with Gasteiger partial charge in [0.1, 0.15) is 10.7 Å². The molecule has 1 atom stereocenters. The molecule has 2 aliphatic heterocycles.